The average Bonchev–Trinajstić information content (AvgIpc) is 2.98. The van der Waals surface area contributed by atoms with Crippen molar-refractivity contribution in [3.8, 4) is 16.9 Å². The van der Waals surface area contributed by atoms with E-state index in [9.17, 15) is 9.59 Å². The molecule has 0 spiro atoms. The van der Waals surface area contributed by atoms with Gasteiger partial charge in [0.15, 0.2) is 5.78 Å². The van der Waals surface area contributed by atoms with Crippen molar-refractivity contribution in [2.75, 3.05) is 7.11 Å². The van der Waals surface area contributed by atoms with E-state index in [1.54, 1.807) is 19.2 Å². The number of methoxy groups -OCH3 is 1. The van der Waals surface area contributed by atoms with Gasteiger partial charge in [-0.25, -0.2) is 0 Å². The summed E-state index contributed by atoms with van der Waals surface area (Å²) in [6, 6.07) is 20.3. The first-order chi connectivity index (χ1) is 12.7. The van der Waals surface area contributed by atoms with Gasteiger partial charge < -0.3 is 10.1 Å². The van der Waals surface area contributed by atoms with Gasteiger partial charge in [0, 0.05) is 28.8 Å². The average molecular weight is 343 g/mol. The molecule has 3 aromatic rings. The Labute approximate surface area is 151 Å². The Hall–Kier alpha value is -3.40. The Balaban J connectivity index is 1.56. The Morgan fingerprint density at radius 2 is 1.58 bits per heavy atom. The van der Waals surface area contributed by atoms with Crippen molar-refractivity contribution >= 4 is 11.7 Å². The Morgan fingerprint density at radius 1 is 0.885 bits per heavy atom. The van der Waals surface area contributed by atoms with Crippen molar-refractivity contribution in [2.24, 2.45) is 0 Å². The van der Waals surface area contributed by atoms with E-state index in [4.69, 9.17) is 4.74 Å². The quantitative estimate of drug-likeness (QED) is 0.612. The van der Waals surface area contributed by atoms with Gasteiger partial charge in [-0.3, -0.25) is 9.59 Å². The fourth-order valence-corrected chi connectivity index (χ4v) is 3.30. The Bertz CT molecular complexity index is 1020. The van der Waals surface area contributed by atoms with Gasteiger partial charge in [-0.05, 0) is 29.3 Å². The van der Waals surface area contributed by atoms with Crippen molar-refractivity contribution in [1.29, 1.82) is 0 Å². The number of hydrogen-bond donors (Lipinski definition) is 1. The Morgan fingerprint density at radius 3 is 2.38 bits per heavy atom. The van der Waals surface area contributed by atoms with Crippen molar-refractivity contribution in [3.63, 3.8) is 0 Å². The number of carbonyl (C=O) groups is 2. The number of amides is 1. The summed E-state index contributed by atoms with van der Waals surface area (Å²) in [5.74, 6) is 0.477. The van der Waals surface area contributed by atoms with Crippen molar-refractivity contribution in [2.45, 2.75) is 6.54 Å². The summed E-state index contributed by atoms with van der Waals surface area (Å²) in [7, 11) is 1.60. The molecule has 1 amide bonds. The zero-order chi connectivity index (χ0) is 18.1. The second kappa shape index (κ2) is 6.48. The number of para-hydroxylation sites is 1. The highest BCUT2D eigenvalue weighted by molar-refractivity contribution is 6.22. The number of benzene rings is 3. The lowest BCUT2D eigenvalue weighted by molar-refractivity contribution is 0.0950. The molecule has 0 unspecified atom stereocenters. The maximum atomic E-state index is 12.6. The van der Waals surface area contributed by atoms with Crippen molar-refractivity contribution in [1.82, 2.24) is 5.32 Å². The highest BCUT2D eigenvalue weighted by Crippen LogP contribution is 2.36. The summed E-state index contributed by atoms with van der Waals surface area (Å²) >= 11 is 0. The van der Waals surface area contributed by atoms with Gasteiger partial charge >= 0.3 is 0 Å². The molecular weight excluding hydrogens is 326 g/mol. The highest BCUT2D eigenvalue weighted by Gasteiger charge is 2.26. The molecule has 0 atom stereocenters. The van der Waals surface area contributed by atoms with Crippen LogP contribution >= 0.6 is 0 Å². The molecule has 0 fully saturated rings. The van der Waals surface area contributed by atoms with Crippen LogP contribution in [-0.4, -0.2) is 18.8 Å². The van der Waals surface area contributed by atoms with E-state index in [1.165, 1.54) is 0 Å². The topological polar surface area (TPSA) is 55.4 Å². The van der Waals surface area contributed by atoms with E-state index in [0.717, 1.165) is 22.4 Å². The maximum absolute atomic E-state index is 12.6. The summed E-state index contributed by atoms with van der Waals surface area (Å²) in [6.07, 6.45) is 0. The molecule has 0 bridgehead atoms. The molecule has 3 aromatic carbocycles. The predicted molar refractivity (Wildman–Crippen MR) is 99.5 cm³/mol. The minimum atomic E-state index is -0.220. The van der Waals surface area contributed by atoms with Crippen molar-refractivity contribution in [3.05, 3.63) is 89.0 Å². The van der Waals surface area contributed by atoms with Gasteiger partial charge in [0.2, 0.25) is 0 Å². The summed E-state index contributed by atoms with van der Waals surface area (Å²) in [6.45, 7) is 0.355. The molecule has 1 aliphatic carbocycles. The molecule has 4 nitrogen and oxygen atoms in total. The smallest absolute Gasteiger partial charge is 0.251 e. The zero-order valence-electron chi connectivity index (χ0n) is 14.3. The number of rotatable bonds is 4. The van der Waals surface area contributed by atoms with Crippen LogP contribution in [0.1, 0.15) is 31.8 Å². The number of ketones is 1. The van der Waals surface area contributed by atoms with Crippen LogP contribution in [0.2, 0.25) is 0 Å². The molecule has 1 N–H and O–H groups in total. The molecule has 128 valence electrons. The second-order valence-corrected chi connectivity index (χ2v) is 6.13. The fraction of sp³-hybridized carbons (Fsp3) is 0.0909. The molecular formula is C22H17NO3. The SMILES string of the molecule is COc1ccccc1CNC(=O)c1ccc2c(c1)C(=O)c1ccccc1-2. The molecule has 1 aliphatic rings. The second-order valence-electron chi connectivity index (χ2n) is 6.13. The third kappa shape index (κ3) is 2.65. The van der Waals surface area contributed by atoms with Gasteiger partial charge in [0.25, 0.3) is 5.91 Å². The first-order valence-corrected chi connectivity index (χ1v) is 8.37. The first-order valence-electron chi connectivity index (χ1n) is 8.37. The minimum Gasteiger partial charge on any atom is -0.496 e. The third-order valence-electron chi connectivity index (χ3n) is 4.62. The monoisotopic (exact) mass is 343 g/mol. The lowest BCUT2D eigenvalue weighted by Crippen LogP contribution is -2.23. The molecule has 0 radical (unpaired) electrons. The van der Waals surface area contributed by atoms with Gasteiger partial charge in [0.05, 0.1) is 7.11 Å². The molecule has 0 saturated heterocycles. The summed E-state index contributed by atoms with van der Waals surface area (Å²) in [5.41, 5.74) is 4.44. The van der Waals surface area contributed by atoms with Crippen LogP contribution in [0, 0.1) is 0 Å². The number of nitrogens with one attached hydrogen (secondary N) is 1. The van der Waals surface area contributed by atoms with E-state index >= 15 is 0 Å². The lowest BCUT2D eigenvalue weighted by atomic mass is 10.0. The van der Waals surface area contributed by atoms with E-state index in [1.807, 2.05) is 54.6 Å². The minimum absolute atomic E-state index is 0.0324. The summed E-state index contributed by atoms with van der Waals surface area (Å²) < 4.78 is 5.30. The molecule has 0 heterocycles. The van der Waals surface area contributed by atoms with Crippen LogP contribution in [-0.2, 0) is 6.54 Å². The molecule has 4 heteroatoms. The molecule has 0 aliphatic heterocycles. The van der Waals surface area contributed by atoms with Crippen molar-refractivity contribution < 1.29 is 14.3 Å². The van der Waals surface area contributed by atoms with Gasteiger partial charge in [-0.1, -0.05) is 48.5 Å². The maximum Gasteiger partial charge on any atom is 0.251 e. The predicted octanol–water partition coefficient (Wildman–Crippen LogP) is 3.84. The first kappa shape index (κ1) is 16.1. The Kier molecular flexibility index (Phi) is 4.01. The standard InChI is InChI=1S/C22H17NO3/c1-26-20-9-5-2-6-15(20)13-23-22(25)14-10-11-17-16-7-3-4-8-18(16)21(24)19(17)12-14/h2-12H,13H2,1H3,(H,23,25). The number of hydrogen-bond acceptors (Lipinski definition) is 3. The van der Waals surface area contributed by atoms with Gasteiger partial charge in [-0.2, -0.15) is 0 Å². The highest BCUT2D eigenvalue weighted by atomic mass is 16.5. The largest absolute Gasteiger partial charge is 0.496 e. The van der Waals surface area contributed by atoms with Gasteiger partial charge in [0.1, 0.15) is 5.75 Å². The number of carbonyl (C=O) groups excluding carboxylic acids is 2. The van der Waals surface area contributed by atoms with Gasteiger partial charge in [-0.15, -0.1) is 0 Å². The van der Waals surface area contributed by atoms with Crippen LogP contribution in [0.3, 0.4) is 0 Å². The summed E-state index contributed by atoms with van der Waals surface area (Å²) in [5, 5.41) is 2.89. The van der Waals surface area contributed by atoms with Crippen LogP contribution in [0.4, 0.5) is 0 Å². The molecule has 0 saturated carbocycles. The molecule has 4 rings (SSSR count). The molecule has 26 heavy (non-hydrogen) atoms. The van der Waals surface area contributed by atoms with Crippen LogP contribution in [0.15, 0.2) is 66.7 Å². The van der Waals surface area contributed by atoms with E-state index in [2.05, 4.69) is 5.32 Å². The number of fused-ring (bicyclic) bond motifs is 3. The lowest BCUT2D eigenvalue weighted by Gasteiger charge is -2.10. The zero-order valence-corrected chi connectivity index (χ0v) is 14.3. The van der Waals surface area contributed by atoms with Crippen LogP contribution < -0.4 is 10.1 Å². The normalized spacial score (nSPS) is 11.7. The molecule has 0 aromatic heterocycles. The van der Waals surface area contributed by atoms with Crippen LogP contribution in [0.5, 0.6) is 5.75 Å². The van der Waals surface area contributed by atoms with E-state index in [0.29, 0.717) is 23.2 Å². The summed E-state index contributed by atoms with van der Waals surface area (Å²) in [4.78, 5) is 25.1. The number of ether oxygens (including phenoxy) is 1. The van der Waals surface area contributed by atoms with E-state index < -0.39 is 0 Å². The van der Waals surface area contributed by atoms with E-state index in [-0.39, 0.29) is 11.7 Å². The van der Waals surface area contributed by atoms with Crippen LogP contribution in [0.25, 0.3) is 11.1 Å². The third-order valence-corrected chi connectivity index (χ3v) is 4.62. The fourth-order valence-electron chi connectivity index (χ4n) is 3.30.